The van der Waals surface area contributed by atoms with E-state index in [9.17, 15) is 10.2 Å². The number of nitrogens with zero attached hydrogens (tertiary/aromatic N) is 2. The van der Waals surface area contributed by atoms with Crippen LogP contribution in [-0.4, -0.2) is 47.2 Å². The lowest BCUT2D eigenvalue weighted by Gasteiger charge is -2.22. The Bertz CT molecular complexity index is 513. The van der Waals surface area contributed by atoms with E-state index in [0.717, 1.165) is 26.2 Å². The van der Waals surface area contributed by atoms with E-state index in [-0.39, 0.29) is 0 Å². The number of phenolic OH excluding ortho intramolecular Hbond substituents is 2. The normalized spacial score (nSPS) is 11.3. The Balaban J connectivity index is 1.74. The monoisotopic (exact) mass is 300 g/mol. The smallest absolute Gasteiger partial charge is 0.115 e. The van der Waals surface area contributed by atoms with Crippen LogP contribution in [0.2, 0.25) is 0 Å². The van der Waals surface area contributed by atoms with Crippen molar-refractivity contribution in [2.24, 2.45) is 0 Å². The minimum atomic E-state index is 0.306. The number of hydrogen-bond donors (Lipinski definition) is 2. The topological polar surface area (TPSA) is 46.9 Å². The van der Waals surface area contributed by atoms with Crippen molar-refractivity contribution in [3.8, 4) is 11.5 Å². The highest BCUT2D eigenvalue weighted by Gasteiger charge is 2.04. The average Bonchev–Trinajstić information content (AvgIpc) is 2.50. The first-order valence-corrected chi connectivity index (χ1v) is 7.46. The van der Waals surface area contributed by atoms with E-state index in [1.807, 2.05) is 24.3 Å². The molecule has 0 radical (unpaired) electrons. The fourth-order valence-corrected chi connectivity index (χ4v) is 2.33. The fraction of sp³-hybridized carbons (Fsp3) is 0.333. The largest absolute Gasteiger partial charge is 0.508 e. The first kappa shape index (κ1) is 16.3. The first-order valence-electron chi connectivity index (χ1n) is 7.46. The van der Waals surface area contributed by atoms with Gasteiger partial charge in [0.25, 0.3) is 0 Å². The molecule has 0 heterocycles. The van der Waals surface area contributed by atoms with Crippen LogP contribution in [-0.2, 0) is 13.1 Å². The molecule has 4 nitrogen and oxygen atoms in total. The second kappa shape index (κ2) is 7.82. The second-order valence-electron chi connectivity index (χ2n) is 5.81. The van der Waals surface area contributed by atoms with Gasteiger partial charge in [-0.3, -0.25) is 0 Å². The molecule has 0 spiro atoms. The fourth-order valence-electron chi connectivity index (χ4n) is 2.33. The Morgan fingerprint density at radius 1 is 0.636 bits per heavy atom. The van der Waals surface area contributed by atoms with Gasteiger partial charge < -0.3 is 20.0 Å². The van der Waals surface area contributed by atoms with Crippen molar-refractivity contribution in [1.29, 1.82) is 0 Å². The van der Waals surface area contributed by atoms with Gasteiger partial charge in [-0.05, 0) is 49.5 Å². The van der Waals surface area contributed by atoms with E-state index < -0.39 is 0 Å². The standard InChI is InChI=1S/C18H24N2O2/c1-19(13-15-3-7-17(21)8-4-15)11-12-20(2)14-16-5-9-18(22)10-6-16/h3-10,21-22H,11-14H2,1-2H3. The van der Waals surface area contributed by atoms with E-state index in [1.165, 1.54) is 11.1 Å². The summed E-state index contributed by atoms with van der Waals surface area (Å²) in [7, 11) is 4.20. The van der Waals surface area contributed by atoms with Crippen LogP contribution in [0.25, 0.3) is 0 Å². The molecule has 0 atom stereocenters. The molecule has 0 saturated carbocycles. The lowest BCUT2D eigenvalue weighted by Crippen LogP contribution is -2.30. The maximum atomic E-state index is 9.29. The van der Waals surface area contributed by atoms with Crippen molar-refractivity contribution in [1.82, 2.24) is 9.80 Å². The van der Waals surface area contributed by atoms with Crippen LogP contribution in [0.3, 0.4) is 0 Å². The predicted octanol–water partition coefficient (Wildman–Crippen LogP) is 2.66. The zero-order valence-corrected chi connectivity index (χ0v) is 13.2. The van der Waals surface area contributed by atoms with Crippen LogP contribution in [0.15, 0.2) is 48.5 Å². The van der Waals surface area contributed by atoms with Crippen molar-refractivity contribution >= 4 is 0 Å². The molecule has 0 bridgehead atoms. The maximum Gasteiger partial charge on any atom is 0.115 e. The van der Waals surface area contributed by atoms with Gasteiger partial charge in [0.15, 0.2) is 0 Å². The average molecular weight is 300 g/mol. The summed E-state index contributed by atoms with van der Waals surface area (Å²) in [6.45, 7) is 3.67. The molecule has 0 aliphatic heterocycles. The summed E-state index contributed by atoms with van der Waals surface area (Å²) in [5.74, 6) is 0.611. The quantitative estimate of drug-likeness (QED) is 0.825. The molecule has 118 valence electrons. The number of phenols is 2. The summed E-state index contributed by atoms with van der Waals surface area (Å²) >= 11 is 0. The number of rotatable bonds is 7. The van der Waals surface area contributed by atoms with Gasteiger partial charge in [0.1, 0.15) is 11.5 Å². The molecule has 4 heteroatoms. The molecule has 0 aromatic heterocycles. The zero-order valence-electron chi connectivity index (χ0n) is 13.2. The summed E-state index contributed by atoms with van der Waals surface area (Å²) in [6.07, 6.45) is 0. The minimum Gasteiger partial charge on any atom is -0.508 e. The molecule has 0 saturated heterocycles. The van der Waals surface area contributed by atoms with Crippen LogP contribution in [0.1, 0.15) is 11.1 Å². The third-order valence-electron chi connectivity index (χ3n) is 3.64. The third kappa shape index (κ3) is 5.39. The summed E-state index contributed by atoms with van der Waals surface area (Å²) in [5.41, 5.74) is 2.39. The predicted molar refractivity (Wildman–Crippen MR) is 88.9 cm³/mol. The van der Waals surface area contributed by atoms with Crippen molar-refractivity contribution in [2.75, 3.05) is 27.2 Å². The molecule has 2 aromatic rings. The number of hydrogen-bond acceptors (Lipinski definition) is 4. The van der Waals surface area contributed by atoms with E-state index >= 15 is 0 Å². The highest BCUT2D eigenvalue weighted by molar-refractivity contribution is 5.26. The first-order chi connectivity index (χ1) is 10.5. The van der Waals surface area contributed by atoms with Gasteiger partial charge in [0.05, 0.1) is 0 Å². The number of likely N-dealkylation sites (N-methyl/N-ethyl adjacent to an activating group) is 2. The molecular formula is C18H24N2O2. The van der Waals surface area contributed by atoms with Gasteiger partial charge in [0, 0.05) is 26.2 Å². The second-order valence-corrected chi connectivity index (χ2v) is 5.81. The van der Waals surface area contributed by atoms with Crippen LogP contribution in [0, 0.1) is 0 Å². The molecule has 2 N–H and O–H groups in total. The molecule has 2 aromatic carbocycles. The van der Waals surface area contributed by atoms with Gasteiger partial charge in [0.2, 0.25) is 0 Å². The maximum absolute atomic E-state index is 9.29. The number of benzene rings is 2. The zero-order chi connectivity index (χ0) is 15.9. The van der Waals surface area contributed by atoms with Gasteiger partial charge in [-0.15, -0.1) is 0 Å². The van der Waals surface area contributed by atoms with Crippen molar-refractivity contribution in [3.63, 3.8) is 0 Å². The van der Waals surface area contributed by atoms with Crippen LogP contribution >= 0.6 is 0 Å². The van der Waals surface area contributed by atoms with E-state index in [2.05, 4.69) is 23.9 Å². The van der Waals surface area contributed by atoms with Gasteiger partial charge >= 0.3 is 0 Å². The third-order valence-corrected chi connectivity index (χ3v) is 3.64. The van der Waals surface area contributed by atoms with E-state index in [1.54, 1.807) is 24.3 Å². The molecule has 22 heavy (non-hydrogen) atoms. The lowest BCUT2D eigenvalue weighted by molar-refractivity contribution is 0.247. The molecule has 0 fully saturated rings. The Labute approximate surface area is 132 Å². The van der Waals surface area contributed by atoms with Crippen LogP contribution in [0.4, 0.5) is 0 Å². The summed E-state index contributed by atoms with van der Waals surface area (Å²) in [5, 5.41) is 18.6. The highest BCUT2D eigenvalue weighted by Crippen LogP contribution is 2.12. The SMILES string of the molecule is CN(CCN(C)Cc1ccc(O)cc1)Cc1ccc(O)cc1. The summed E-state index contributed by atoms with van der Waals surface area (Å²) < 4.78 is 0. The van der Waals surface area contributed by atoms with Crippen molar-refractivity contribution < 1.29 is 10.2 Å². The molecule has 2 rings (SSSR count). The van der Waals surface area contributed by atoms with Crippen molar-refractivity contribution in [3.05, 3.63) is 59.7 Å². The molecule has 0 aliphatic rings. The van der Waals surface area contributed by atoms with Crippen LogP contribution in [0.5, 0.6) is 11.5 Å². The summed E-state index contributed by atoms with van der Waals surface area (Å²) in [6, 6.07) is 14.7. The molecule has 0 aliphatic carbocycles. The van der Waals surface area contributed by atoms with Gasteiger partial charge in [-0.1, -0.05) is 24.3 Å². The number of aromatic hydroxyl groups is 2. The Morgan fingerprint density at radius 3 is 1.27 bits per heavy atom. The van der Waals surface area contributed by atoms with E-state index in [4.69, 9.17) is 0 Å². The van der Waals surface area contributed by atoms with Crippen molar-refractivity contribution in [2.45, 2.75) is 13.1 Å². The van der Waals surface area contributed by atoms with Gasteiger partial charge in [-0.2, -0.15) is 0 Å². The highest BCUT2D eigenvalue weighted by atomic mass is 16.3. The van der Waals surface area contributed by atoms with Gasteiger partial charge in [-0.25, -0.2) is 0 Å². The lowest BCUT2D eigenvalue weighted by atomic mass is 10.2. The Hall–Kier alpha value is -2.04. The minimum absolute atomic E-state index is 0.306. The molecular weight excluding hydrogens is 276 g/mol. The molecule has 0 unspecified atom stereocenters. The molecule has 0 amide bonds. The van der Waals surface area contributed by atoms with Crippen LogP contribution < -0.4 is 0 Å². The Kier molecular flexibility index (Phi) is 5.81. The van der Waals surface area contributed by atoms with E-state index in [0.29, 0.717) is 11.5 Å². The summed E-state index contributed by atoms with van der Waals surface area (Å²) in [4.78, 5) is 4.53. The Morgan fingerprint density at radius 2 is 0.955 bits per heavy atom.